The Bertz CT molecular complexity index is 481. The average molecular weight is 229 g/mol. The van der Waals surface area contributed by atoms with E-state index in [1.54, 1.807) is 0 Å². The molecule has 0 aromatic carbocycles. The van der Waals surface area contributed by atoms with Crippen LogP contribution in [0.5, 0.6) is 0 Å². The summed E-state index contributed by atoms with van der Waals surface area (Å²) in [4.78, 5) is 27.5. The van der Waals surface area contributed by atoms with Crippen molar-refractivity contribution in [3.63, 3.8) is 0 Å². The summed E-state index contributed by atoms with van der Waals surface area (Å²) in [7, 11) is 0. The number of aromatic nitrogens is 3. The summed E-state index contributed by atoms with van der Waals surface area (Å²) in [5.41, 5.74) is -1.39. The van der Waals surface area contributed by atoms with Crippen LogP contribution in [-0.4, -0.2) is 43.6 Å². The first-order chi connectivity index (χ1) is 7.61. The number of aliphatic hydroxyl groups excluding tert-OH is 2. The molecule has 1 aromatic heterocycles. The van der Waals surface area contributed by atoms with E-state index in [1.165, 1.54) is 0 Å². The highest BCUT2D eigenvalue weighted by Gasteiger charge is 2.34. The molecule has 1 saturated heterocycles. The molecule has 2 rings (SSSR count). The molecule has 0 saturated carbocycles. The highest BCUT2D eigenvalue weighted by atomic mass is 16.5. The van der Waals surface area contributed by atoms with Gasteiger partial charge in [0.15, 0.2) is 0 Å². The van der Waals surface area contributed by atoms with Gasteiger partial charge in [-0.05, 0) is 0 Å². The fourth-order valence-electron chi connectivity index (χ4n) is 1.61. The first-order valence-electron chi connectivity index (χ1n) is 4.73. The number of aromatic amines is 1. The standard InChI is InChI=1S/C8H11N3O5/c12-2-5-4(13)1-6(16-5)11-3-9-7(14)10-8(11)15/h3-6,12-13H,1-2H2,(H,10,14,15)/t4?,5-,6-/m0/s1. The van der Waals surface area contributed by atoms with Gasteiger partial charge in [-0.3, -0.25) is 9.55 Å². The fourth-order valence-corrected chi connectivity index (χ4v) is 1.61. The van der Waals surface area contributed by atoms with Gasteiger partial charge in [-0.15, -0.1) is 0 Å². The lowest BCUT2D eigenvalue weighted by molar-refractivity contribution is -0.0463. The highest BCUT2D eigenvalue weighted by molar-refractivity contribution is 4.82. The predicted octanol–water partition coefficient (Wildman–Crippen LogP) is -2.43. The van der Waals surface area contributed by atoms with Crippen LogP contribution in [0.4, 0.5) is 0 Å². The molecule has 88 valence electrons. The van der Waals surface area contributed by atoms with Crippen molar-refractivity contribution in [2.24, 2.45) is 0 Å². The summed E-state index contributed by atoms with van der Waals surface area (Å²) in [6.07, 6.45) is -1.06. The van der Waals surface area contributed by atoms with Crippen LogP contribution in [0, 0.1) is 0 Å². The van der Waals surface area contributed by atoms with Crippen molar-refractivity contribution in [2.75, 3.05) is 6.61 Å². The molecule has 0 amide bonds. The molecular weight excluding hydrogens is 218 g/mol. The Balaban J connectivity index is 2.27. The largest absolute Gasteiger partial charge is 0.394 e. The third kappa shape index (κ3) is 1.90. The van der Waals surface area contributed by atoms with Crippen LogP contribution in [0.1, 0.15) is 12.6 Å². The molecule has 1 aliphatic heterocycles. The molecular formula is C8H11N3O5. The molecule has 8 heteroatoms. The van der Waals surface area contributed by atoms with Gasteiger partial charge < -0.3 is 14.9 Å². The first kappa shape index (κ1) is 11.0. The number of H-pyrrole nitrogens is 1. The lowest BCUT2D eigenvalue weighted by Gasteiger charge is -2.13. The number of nitrogens with zero attached hydrogens (tertiary/aromatic N) is 2. The number of aliphatic hydroxyl groups is 2. The van der Waals surface area contributed by atoms with Crippen LogP contribution in [0.15, 0.2) is 15.9 Å². The lowest BCUT2D eigenvalue weighted by Crippen LogP contribution is -2.33. The number of rotatable bonds is 2. The molecule has 0 radical (unpaired) electrons. The Morgan fingerprint density at radius 3 is 2.94 bits per heavy atom. The Morgan fingerprint density at radius 2 is 2.38 bits per heavy atom. The molecule has 0 aliphatic carbocycles. The molecule has 3 atom stereocenters. The fraction of sp³-hybridized carbons (Fsp3) is 0.625. The van der Waals surface area contributed by atoms with E-state index in [-0.39, 0.29) is 13.0 Å². The van der Waals surface area contributed by atoms with Gasteiger partial charge >= 0.3 is 11.4 Å². The van der Waals surface area contributed by atoms with Crippen LogP contribution in [0.25, 0.3) is 0 Å². The molecule has 3 N–H and O–H groups in total. The molecule has 2 heterocycles. The third-order valence-electron chi connectivity index (χ3n) is 2.44. The summed E-state index contributed by atoms with van der Waals surface area (Å²) in [6, 6.07) is 0. The zero-order valence-corrected chi connectivity index (χ0v) is 8.24. The lowest BCUT2D eigenvalue weighted by atomic mass is 10.2. The van der Waals surface area contributed by atoms with E-state index in [9.17, 15) is 14.7 Å². The van der Waals surface area contributed by atoms with Crippen molar-refractivity contribution in [3.05, 3.63) is 27.3 Å². The van der Waals surface area contributed by atoms with E-state index >= 15 is 0 Å². The van der Waals surface area contributed by atoms with Gasteiger partial charge in [0.1, 0.15) is 18.7 Å². The number of nitrogens with one attached hydrogen (secondary N) is 1. The van der Waals surface area contributed by atoms with Gasteiger partial charge in [0.05, 0.1) is 12.7 Å². The van der Waals surface area contributed by atoms with Crippen molar-refractivity contribution in [1.82, 2.24) is 14.5 Å². The maximum Gasteiger partial charge on any atom is 0.350 e. The van der Waals surface area contributed by atoms with Crippen LogP contribution >= 0.6 is 0 Å². The van der Waals surface area contributed by atoms with Crippen molar-refractivity contribution >= 4 is 0 Å². The second-order valence-corrected chi connectivity index (χ2v) is 3.50. The third-order valence-corrected chi connectivity index (χ3v) is 2.44. The molecule has 16 heavy (non-hydrogen) atoms. The van der Waals surface area contributed by atoms with E-state index in [4.69, 9.17) is 9.84 Å². The van der Waals surface area contributed by atoms with Crippen LogP contribution in [0.3, 0.4) is 0 Å². The van der Waals surface area contributed by atoms with Gasteiger partial charge in [-0.1, -0.05) is 0 Å². The van der Waals surface area contributed by atoms with Crippen molar-refractivity contribution < 1.29 is 14.9 Å². The second-order valence-electron chi connectivity index (χ2n) is 3.50. The van der Waals surface area contributed by atoms with E-state index in [1.807, 2.05) is 4.98 Å². The minimum Gasteiger partial charge on any atom is -0.394 e. The Kier molecular flexibility index (Phi) is 2.86. The smallest absolute Gasteiger partial charge is 0.350 e. The number of hydrogen-bond acceptors (Lipinski definition) is 6. The van der Waals surface area contributed by atoms with Gasteiger partial charge in [-0.25, -0.2) is 9.59 Å². The summed E-state index contributed by atoms with van der Waals surface area (Å²) in [6.45, 7) is -0.330. The first-order valence-corrected chi connectivity index (χ1v) is 4.73. The van der Waals surface area contributed by atoms with Crippen LogP contribution in [0.2, 0.25) is 0 Å². The van der Waals surface area contributed by atoms with Gasteiger partial charge in [0.2, 0.25) is 0 Å². The number of hydrogen-bond donors (Lipinski definition) is 3. The Morgan fingerprint density at radius 1 is 1.62 bits per heavy atom. The molecule has 1 fully saturated rings. The summed E-state index contributed by atoms with van der Waals surface area (Å²) < 4.78 is 6.30. The maximum absolute atomic E-state index is 11.4. The van der Waals surface area contributed by atoms with E-state index < -0.39 is 29.8 Å². The van der Waals surface area contributed by atoms with E-state index in [0.717, 1.165) is 10.9 Å². The molecule has 1 unspecified atom stereocenters. The van der Waals surface area contributed by atoms with Crippen LogP contribution < -0.4 is 11.4 Å². The van der Waals surface area contributed by atoms with Crippen LogP contribution in [-0.2, 0) is 4.74 Å². The molecule has 0 bridgehead atoms. The van der Waals surface area contributed by atoms with Crippen molar-refractivity contribution in [3.8, 4) is 0 Å². The second kappa shape index (κ2) is 4.16. The summed E-state index contributed by atoms with van der Waals surface area (Å²) in [5, 5.41) is 18.3. The van der Waals surface area contributed by atoms with E-state index in [0.29, 0.717) is 0 Å². The summed E-state index contributed by atoms with van der Waals surface area (Å²) >= 11 is 0. The minimum absolute atomic E-state index is 0.166. The maximum atomic E-state index is 11.4. The molecule has 8 nitrogen and oxygen atoms in total. The zero-order chi connectivity index (χ0) is 11.7. The van der Waals surface area contributed by atoms with Gasteiger partial charge in [-0.2, -0.15) is 4.98 Å². The monoisotopic (exact) mass is 229 g/mol. The normalized spacial score (nSPS) is 29.5. The topological polar surface area (TPSA) is 117 Å². The molecule has 0 spiro atoms. The highest BCUT2D eigenvalue weighted by Crippen LogP contribution is 2.26. The average Bonchev–Trinajstić information content (AvgIpc) is 2.59. The summed E-state index contributed by atoms with van der Waals surface area (Å²) in [5.74, 6) is 0. The molecule has 1 aliphatic rings. The Hall–Kier alpha value is -1.51. The number of ether oxygens (including phenoxy) is 1. The van der Waals surface area contributed by atoms with Crippen molar-refractivity contribution in [1.29, 1.82) is 0 Å². The van der Waals surface area contributed by atoms with Gasteiger partial charge in [0.25, 0.3) is 0 Å². The van der Waals surface area contributed by atoms with Crippen molar-refractivity contribution in [2.45, 2.75) is 24.9 Å². The Labute approximate surface area is 89.1 Å². The predicted molar refractivity (Wildman–Crippen MR) is 50.7 cm³/mol. The SMILES string of the molecule is O=c1ncn([C@@H]2CC(O)[C@H](CO)O2)c(=O)[nH]1. The minimum atomic E-state index is -0.839. The van der Waals surface area contributed by atoms with E-state index in [2.05, 4.69) is 4.98 Å². The quantitative estimate of drug-likeness (QED) is 0.519. The molecule has 1 aromatic rings. The zero-order valence-electron chi connectivity index (χ0n) is 8.24. The van der Waals surface area contributed by atoms with Gasteiger partial charge in [0, 0.05) is 6.42 Å².